The molecule has 27 heavy (non-hydrogen) atoms. The number of aliphatic hydroxyl groups is 1. The average molecular weight is 380 g/mol. The van der Waals surface area contributed by atoms with E-state index in [1.54, 1.807) is 6.92 Å². The summed E-state index contributed by atoms with van der Waals surface area (Å²) in [4.78, 5) is 11.0. The van der Waals surface area contributed by atoms with Gasteiger partial charge in [-0.2, -0.15) is 0 Å². The number of aromatic hydroxyl groups is 1. The van der Waals surface area contributed by atoms with Gasteiger partial charge >= 0.3 is 5.97 Å². The minimum absolute atomic E-state index is 0.0270. The molecule has 0 spiro atoms. The van der Waals surface area contributed by atoms with Gasteiger partial charge in [-0.25, -0.2) is 0 Å². The monoisotopic (exact) mass is 379 g/mol. The van der Waals surface area contributed by atoms with E-state index in [0.29, 0.717) is 24.5 Å². The fourth-order valence-corrected chi connectivity index (χ4v) is 3.22. The van der Waals surface area contributed by atoms with Gasteiger partial charge in [0.05, 0.1) is 12.0 Å². The van der Waals surface area contributed by atoms with Crippen LogP contribution in [0.5, 0.6) is 5.75 Å². The lowest BCUT2D eigenvalue weighted by Gasteiger charge is -2.28. The first-order chi connectivity index (χ1) is 12.3. The Bertz CT molecular complexity index is 621. The lowest BCUT2D eigenvalue weighted by Crippen LogP contribution is -2.39. The van der Waals surface area contributed by atoms with Crippen LogP contribution in [0.2, 0.25) is 0 Å². The Hall–Kier alpha value is -1.59. The van der Waals surface area contributed by atoms with Crippen molar-refractivity contribution < 1.29 is 20.1 Å². The smallest absolute Gasteiger partial charge is 0.306 e. The molecule has 0 saturated heterocycles. The molecule has 0 aliphatic rings. The topological polar surface area (TPSA) is 104 Å². The fourth-order valence-electron chi connectivity index (χ4n) is 3.22. The van der Waals surface area contributed by atoms with Gasteiger partial charge in [0.25, 0.3) is 0 Å². The maximum Gasteiger partial charge on any atom is 0.306 e. The number of carboxylic acids is 1. The Morgan fingerprint density at radius 3 is 2.19 bits per heavy atom. The van der Waals surface area contributed by atoms with Crippen LogP contribution in [0, 0.1) is 17.8 Å². The number of benzene rings is 1. The van der Waals surface area contributed by atoms with E-state index in [9.17, 15) is 15.0 Å². The lowest BCUT2D eigenvalue weighted by molar-refractivity contribution is -0.142. The molecule has 4 atom stereocenters. The number of phenolic OH excluding ortho intramolecular Hbond substituents is 1. The quantitative estimate of drug-likeness (QED) is 0.524. The molecule has 5 N–H and O–H groups in total. The summed E-state index contributed by atoms with van der Waals surface area (Å²) in [5.41, 5.74) is 8.10. The molecule has 0 bridgehead atoms. The summed E-state index contributed by atoms with van der Waals surface area (Å²) in [6, 6.07) is 5.36. The summed E-state index contributed by atoms with van der Waals surface area (Å²) in [5.74, 6) is -0.757. The number of rotatable bonds is 9. The van der Waals surface area contributed by atoms with Crippen molar-refractivity contribution in [1.29, 1.82) is 0 Å². The maximum absolute atomic E-state index is 11.0. The number of nitrogens with two attached hydrogens (primary N) is 1. The molecule has 0 amide bonds. The number of phenols is 1. The Labute approximate surface area is 163 Å². The predicted octanol–water partition coefficient (Wildman–Crippen LogP) is 3.69. The van der Waals surface area contributed by atoms with Gasteiger partial charge in [0.15, 0.2) is 0 Å². The van der Waals surface area contributed by atoms with E-state index in [1.807, 2.05) is 12.1 Å². The van der Waals surface area contributed by atoms with Crippen LogP contribution >= 0.6 is 0 Å². The second-order valence-corrected chi connectivity index (χ2v) is 9.24. The van der Waals surface area contributed by atoms with E-state index < -0.39 is 24.0 Å². The van der Waals surface area contributed by atoms with Gasteiger partial charge in [0, 0.05) is 6.04 Å². The molecule has 5 heteroatoms. The van der Waals surface area contributed by atoms with Crippen molar-refractivity contribution in [2.45, 2.75) is 78.4 Å². The highest BCUT2D eigenvalue weighted by Crippen LogP contribution is 2.31. The third-order valence-corrected chi connectivity index (χ3v) is 5.46. The van der Waals surface area contributed by atoms with Crippen LogP contribution < -0.4 is 5.73 Å². The maximum atomic E-state index is 11.0. The van der Waals surface area contributed by atoms with Gasteiger partial charge in [0.2, 0.25) is 0 Å². The van der Waals surface area contributed by atoms with Crippen molar-refractivity contribution >= 4 is 5.97 Å². The van der Waals surface area contributed by atoms with Gasteiger partial charge < -0.3 is 21.1 Å². The van der Waals surface area contributed by atoms with Crippen LogP contribution in [0.1, 0.15) is 65.5 Å². The highest BCUT2D eigenvalue weighted by atomic mass is 16.4. The number of aliphatic hydroxyl groups excluding tert-OH is 1. The van der Waals surface area contributed by atoms with E-state index in [0.717, 1.165) is 11.1 Å². The first-order valence-electron chi connectivity index (χ1n) is 9.81. The van der Waals surface area contributed by atoms with Crippen molar-refractivity contribution in [1.82, 2.24) is 0 Å². The Morgan fingerprint density at radius 2 is 1.74 bits per heavy atom. The Kier molecular flexibility index (Phi) is 8.30. The molecule has 1 unspecified atom stereocenters. The summed E-state index contributed by atoms with van der Waals surface area (Å²) >= 11 is 0. The molecule has 0 heterocycles. The van der Waals surface area contributed by atoms with Crippen LogP contribution in [-0.4, -0.2) is 33.4 Å². The highest BCUT2D eigenvalue weighted by molar-refractivity contribution is 5.69. The summed E-state index contributed by atoms with van der Waals surface area (Å²) < 4.78 is 0. The van der Waals surface area contributed by atoms with E-state index in [-0.39, 0.29) is 17.8 Å². The number of carbonyl (C=O) groups is 1. The molecule has 0 aliphatic heterocycles. The minimum atomic E-state index is -0.925. The third-order valence-electron chi connectivity index (χ3n) is 5.46. The van der Waals surface area contributed by atoms with E-state index >= 15 is 0 Å². The second-order valence-electron chi connectivity index (χ2n) is 9.24. The van der Waals surface area contributed by atoms with Gasteiger partial charge in [-0.1, -0.05) is 53.7 Å². The molecule has 0 saturated carbocycles. The molecule has 5 nitrogen and oxygen atoms in total. The number of carboxylic acid groups (broad SMARTS) is 1. The summed E-state index contributed by atoms with van der Waals surface area (Å²) in [6.45, 7) is 12.1. The second kappa shape index (κ2) is 9.56. The number of hydrogen-bond donors (Lipinski definition) is 4. The molecule has 0 aliphatic carbocycles. The summed E-state index contributed by atoms with van der Waals surface area (Å²) in [6.07, 6.45) is 0.538. The van der Waals surface area contributed by atoms with Gasteiger partial charge in [0.1, 0.15) is 5.75 Å². The average Bonchev–Trinajstić information content (AvgIpc) is 2.54. The molecule has 154 valence electrons. The molecule has 0 aromatic heterocycles. The first kappa shape index (κ1) is 23.4. The Balaban J connectivity index is 2.84. The van der Waals surface area contributed by atoms with Crippen molar-refractivity contribution in [3.8, 4) is 5.75 Å². The zero-order valence-corrected chi connectivity index (χ0v) is 17.6. The van der Waals surface area contributed by atoms with E-state index in [2.05, 4.69) is 40.7 Å². The normalized spacial score (nSPS) is 16.8. The van der Waals surface area contributed by atoms with Crippen molar-refractivity contribution in [3.05, 3.63) is 29.3 Å². The van der Waals surface area contributed by atoms with Crippen molar-refractivity contribution in [2.24, 2.45) is 23.5 Å². The molecule has 1 aromatic carbocycles. The van der Waals surface area contributed by atoms with Crippen molar-refractivity contribution in [2.75, 3.05) is 0 Å². The molecule has 1 aromatic rings. The zero-order valence-electron chi connectivity index (χ0n) is 17.6. The molecular weight excluding hydrogens is 342 g/mol. The van der Waals surface area contributed by atoms with Gasteiger partial charge in [-0.3, -0.25) is 4.79 Å². The first-order valence-corrected chi connectivity index (χ1v) is 9.81. The zero-order chi connectivity index (χ0) is 20.9. The van der Waals surface area contributed by atoms with Gasteiger partial charge in [-0.05, 0) is 53.7 Å². The molecule has 1 rings (SSSR count). The third kappa shape index (κ3) is 7.15. The minimum Gasteiger partial charge on any atom is -0.508 e. The SMILES string of the molecule is CC(C[C@H](O)[C@@H](N)C[C@H](Cc1ccc(C(C)(C)C)cc1O)C(C)C)C(=O)O. The predicted molar refractivity (Wildman–Crippen MR) is 109 cm³/mol. The lowest BCUT2D eigenvalue weighted by atomic mass is 9.81. The standard InChI is InChI=1S/C22H37NO4/c1-13(2)16(11-18(23)20(25)9-14(3)21(26)27)10-15-7-8-17(12-19(15)24)22(4,5)6/h7-8,12-14,16,18,20,24-25H,9-11,23H2,1-6H3,(H,26,27)/t14?,16-,18-,20-/m0/s1. The summed E-state index contributed by atoms with van der Waals surface area (Å²) in [7, 11) is 0. The Morgan fingerprint density at radius 1 is 1.15 bits per heavy atom. The number of hydrogen-bond acceptors (Lipinski definition) is 4. The van der Waals surface area contributed by atoms with Crippen LogP contribution in [0.25, 0.3) is 0 Å². The fraction of sp³-hybridized carbons (Fsp3) is 0.682. The number of aliphatic carboxylic acids is 1. The van der Waals surface area contributed by atoms with E-state index in [1.165, 1.54) is 0 Å². The molecular formula is C22H37NO4. The largest absolute Gasteiger partial charge is 0.508 e. The van der Waals surface area contributed by atoms with Crippen molar-refractivity contribution in [3.63, 3.8) is 0 Å². The molecule has 0 fully saturated rings. The summed E-state index contributed by atoms with van der Waals surface area (Å²) in [5, 5.41) is 29.7. The molecule has 0 radical (unpaired) electrons. The van der Waals surface area contributed by atoms with Crippen LogP contribution in [0.15, 0.2) is 18.2 Å². The van der Waals surface area contributed by atoms with Crippen LogP contribution in [-0.2, 0) is 16.6 Å². The van der Waals surface area contributed by atoms with E-state index in [4.69, 9.17) is 10.8 Å². The highest BCUT2D eigenvalue weighted by Gasteiger charge is 2.26. The van der Waals surface area contributed by atoms with Gasteiger partial charge in [-0.15, -0.1) is 0 Å². The van der Waals surface area contributed by atoms with Crippen LogP contribution in [0.4, 0.5) is 0 Å². The van der Waals surface area contributed by atoms with Crippen LogP contribution in [0.3, 0.4) is 0 Å².